The quantitative estimate of drug-likeness (QED) is 0.396. The number of aliphatic hydroxyl groups is 1. The lowest BCUT2D eigenvalue weighted by Gasteiger charge is -2.00. The minimum atomic E-state index is -0.499. The van der Waals surface area contributed by atoms with Gasteiger partial charge < -0.3 is 16.2 Å². The van der Waals surface area contributed by atoms with Crippen molar-refractivity contribution in [2.45, 2.75) is 20.3 Å². The first-order valence-electron chi connectivity index (χ1n) is 10.2. The van der Waals surface area contributed by atoms with Crippen LogP contribution in [0, 0.1) is 5.82 Å². The molecule has 0 aliphatic heterocycles. The van der Waals surface area contributed by atoms with Crippen molar-refractivity contribution < 1.29 is 14.3 Å². The number of aromatic nitrogens is 4. The lowest BCUT2D eigenvalue weighted by Crippen LogP contribution is -2.11. The van der Waals surface area contributed by atoms with Crippen LogP contribution in [0.25, 0.3) is 16.8 Å². The summed E-state index contributed by atoms with van der Waals surface area (Å²) in [5.74, 6) is -0.176. The van der Waals surface area contributed by atoms with Gasteiger partial charge in [0.15, 0.2) is 0 Å². The average Bonchev–Trinajstić information content (AvgIpc) is 3.25. The van der Waals surface area contributed by atoms with Gasteiger partial charge in [-0.3, -0.25) is 4.79 Å². The summed E-state index contributed by atoms with van der Waals surface area (Å²) in [6.45, 7) is 4.90. The highest BCUT2D eigenvalue weighted by molar-refractivity contribution is 5.92. The molecule has 1 aromatic carbocycles. The van der Waals surface area contributed by atoms with Crippen LogP contribution in [0.4, 0.5) is 10.3 Å². The summed E-state index contributed by atoms with van der Waals surface area (Å²) < 4.78 is 14.5. The molecule has 0 fully saturated rings. The number of carbonyl (C=O) groups is 1. The van der Waals surface area contributed by atoms with Crippen molar-refractivity contribution in [3.63, 3.8) is 0 Å². The number of hydrogen-bond donors (Lipinski definition) is 3. The van der Waals surface area contributed by atoms with E-state index < -0.39 is 5.91 Å². The molecule has 0 aliphatic carbocycles. The van der Waals surface area contributed by atoms with E-state index in [1.807, 2.05) is 19.9 Å². The number of anilines is 1. The molecule has 0 saturated carbocycles. The van der Waals surface area contributed by atoms with Crippen molar-refractivity contribution >= 4 is 17.4 Å². The van der Waals surface area contributed by atoms with Gasteiger partial charge in [-0.1, -0.05) is 13.8 Å². The second kappa shape index (κ2) is 12.8. The van der Waals surface area contributed by atoms with Crippen molar-refractivity contribution in [2.75, 3.05) is 18.5 Å². The van der Waals surface area contributed by atoms with E-state index in [-0.39, 0.29) is 12.4 Å². The van der Waals surface area contributed by atoms with Crippen LogP contribution >= 0.6 is 0 Å². The largest absolute Gasteiger partial charge is 0.396 e. The van der Waals surface area contributed by atoms with E-state index in [0.29, 0.717) is 23.8 Å². The number of hydrogen-bond acceptors (Lipinski definition) is 6. The lowest BCUT2D eigenvalue weighted by molar-refractivity contribution is 0.0999. The first-order chi connectivity index (χ1) is 15.6. The van der Waals surface area contributed by atoms with Crippen molar-refractivity contribution in [3.05, 3.63) is 78.5 Å². The number of amides is 1. The molecule has 4 N–H and O–H groups in total. The van der Waals surface area contributed by atoms with Gasteiger partial charge in [-0.2, -0.15) is 5.10 Å². The summed E-state index contributed by atoms with van der Waals surface area (Å²) in [6, 6.07) is 13.1. The first-order valence-corrected chi connectivity index (χ1v) is 10.2. The first kappa shape index (κ1) is 24.4. The van der Waals surface area contributed by atoms with Crippen LogP contribution in [0.1, 0.15) is 30.6 Å². The number of nitrogens with zero attached hydrogens (tertiary/aromatic N) is 4. The Morgan fingerprint density at radius 3 is 2.44 bits per heavy atom. The zero-order chi connectivity index (χ0) is 23.3. The molecule has 4 rings (SSSR count). The molecule has 0 spiro atoms. The molecule has 0 aliphatic rings. The van der Waals surface area contributed by atoms with Crippen LogP contribution in [0.15, 0.2) is 67.1 Å². The molecule has 0 atom stereocenters. The summed E-state index contributed by atoms with van der Waals surface area (Å²) in [4.78, 5) is 19.0. The van der Waals surface area contributed by atoms with E-state index in [1.165, 1.54) is 12.1 Å². The molecule has 0 radical (unpaired) electrons. The Balaban J connectivity index is 0.000000239. The minimum absolute atomic E-state index is 0.194. The van der Waals surface area contributed by atoms with Crippen molar-refractivity contribution in [3.8, 4) is 11.3 Å². The fraction of sp³-hybridized carbons (Fsp3) is 0.217. The van der Waals surface area contributed by atoms with Gasteiger partial charge in [0.25, 0.3) is 0 Å². The van der Waals surface area contributed by atoms with Gasteiger partial charge in [0.05, 0.1) is 16.8 Å². The fourth-order valence-corrected chi connectivity index (χ4v) is 2.56. The Hall–Kier alpha value is -3.85. The van der Waals surface area contributed by atoms with Gasteiger partial charge in [0, 0.05) is 37.3 Å². The summed E-state index contributed by atoms with van der Waals surface area (Å²) in [6.07, 6.45) is 5.64. The topological polar surface area (TPSA) is 118 Å². The number of benzene rings is 1. The number of nitrogens with one attached hydrogen (secondary N) is 1. The zero-order valence-corrected chi connectivity index (χ0v) is 18.1. The number of rotatable bonds is 6. The van der Waals surface area contributed by atoms with E-state index in [2.05, 4.69) is 20.4 Å². The standard InChI is InChI=1S/C14H10FN3O.C7H11N3O.C2H6/c15-11-4-1-9(2-5-11)13-7-12-6-3-10(14(16)19)8-18(12)17-13;11-6-2-5-10-7-8-3-1-4-9-7;1-2/h1-8H,(H2,16,19);1,3-4,11H,2,5-6H2,(H,8,9,10);1-2H3. The highest BCUT2D eigenvalue weighted by Crippen LogP contribution is 2.20. The molecule has 168 valence electrons. The summed E-state index contributed by atoms with van der Waals surface area (Å²) in [5.41, 5.74) is 7.97. The number of carbonyl (C=O) groups excluding carboxylic acids is 1. The number of halogens is 1. The van der Waals surface area contributed by atoms with Crippen molar-refractivity contribution in [1.82, 2.24) is 19.6 Å². The van der Waals surface area contributed by atoms with Crippen LogP contribution in [0.2, 0.25) is 0 Å². The van der Waals surface area contributed by atoms with Crippen molar-refractivity contribution in [1.29, 1.82) is 0 Å². The summed E-state index contributed by atoms with van der Waals surface area (Å²) in [7, 11) is 0. The van der Waals surface area contributed by atoms with Gasteiger partial charge >= 0.3 is 0 Å². The number of aliphatic hydroxyl groups excluding tert-OH is 1. The third kappa shape index (κ3) is 7.13. The molecule has 1 amide bonds. The maximum Gasteiger partial charge on any atom is 0.250 e. The summed E-state index contributed by atoms with van der Waals surface area (Å²) in [5, 5.41) is 15.8. The van der Waals surface area contributed by atoms with Gasteiger partial charge in [0.2, 0.25) is 11.9 Å². The number of primary amides is 1. The number of pyridine rings is 1. The van der Waals surface area contributed by atoms with E-state index in [9.17, 15) is 9.18 Å². The monoisotopic (exact) mass is 438 g/mol. The number of fused-ring (bicyclic) bond motifs is 1. The normalized spacial score (nSPS) is 9.88. The highest BCUT2D eigenvalue weighted by atomic mass is 19.1. The SMILES string of the molecule is CC.NC(=O)c1ccc2cc(-c3ccc(F)cc3)nn2c1.OCCCNc1ncccn1. The Bertz CT molecular complexity index is 1100. The second-order valence-corrected chi connectivity index (χ2v) is 6.26. The van der Waals surface area contributed by atoms with Gasteiger partial charge in [-0.05, 0) is 55.0 Å². The Morgan fingerprint density at radius 2 is 1.81 bits per heavy atom. The highest BCUT2D eigenvalue weighted by Gasteiger charge is 2.07. The van der Waals surface area contributed by atoms with Crippen LogP contribution in [-0.4, -0.2) is 43.7 Å². The van der Waals surface area contributed by atoms with Crippen LogP contribution in [0.3, 0.4) is 0 Å². The maximum atomic E-state index is 12.9. The van der Waals surface area contributed by atoms with Crippen LogP contribution in [0.5, 0.6) is 0 Å². The number of nitrogens with two attached hydrogens (primary N) is 1. The molecule has 0 bridgehead atoms. The molecule has 4 aromatic rings. The van der Waals surface area contributed by atoms with Gasteiger partial charge in [-0.25, -0.2) is 18.9 Å². The van der Waals surface area contributed by atoms with E-state index in [1.54, 1.807) is 53.4 Å². The minimum Gasteiger partial charge on any atom is -0.396 e. The molecular weight excluding hydrogens is 411 g/mol. The predicted octanol–water partition coefficient (Wildman–Crippen LogP) is 3.54. The molecule has 8 nitrogen and oxygen atoms in total. The molecule has 9 heteroatoms. The van der Waals surface area contributed by atoms with Crippen molar-refractivity contribution in [2.24, 2.45) is 5.73 Å². The van der Waals surface area contributed by atoms with E-state index >= 15 is 0 Å². The lowest BCUT2D eigenvalue weighted by atomic mass is 10.1. The molecule has 3 heterocycles. The Morgan fingerprint density at radius 1 is 1.12 bits per heavy atom. The van der Waals surface area contributed by atoms with Crippen LogP contribution < -0.4 is 11.1 Å². The maximum absolute atomic E-state index is 12.9. The fourth-order valence-electron chi connectivity index (χ4n) is 2.56. The van der Waals surface area contributed by atoms with Crippen LogP contribution in [-0.2, 0) is 0 Å². The smallest absolute Gasteiger partial charge is 0.250 e. The second-order valence-electron chi connectivity index (χ2n) is 6.26. The van der Waals surface area contributed by atoms with Gasteiger partial charge in [0.1, 0.15) is 5.82 Å². The van der Waals surface area contributed by atoms with Gasteiger partial charge in [-0.15, -0.1) is 0 Å². The third-order valence-corrected chi connectivity index (χ3v) is 4.07. The predicted molar refractivity (Wildman–Crippen MR) is 123 cm³/mol. The molecule has 0 saturated heterocycles. The summed E-state index contributed by atoms with van der Waals surface area (Å²) >= 11 is 0. The molecular formula is C23H27FN6O2. The molecule has 3 aromatic heterocycles. The Kier molecular flexibility index (Phi) is 9.73. The van der Waals surface area contributed by atoms with E-state index in [4.69, 9.17) is 10.8 Å². The van der Waals surface area contributed by atoms with E-state index in [0.717, 1.165) is 17.5 Å². The molecule has 0 unspecified atom stereocenters. The molecule has 32 heavy (non-hydrogen) atoms. The average molecular weight is 439 g/mol. The zero-order valence-electron chi connectivity index (χ0n) is 18.1. The third-order valence-electron chi connectivity index (χ3n) is 4.07. The Labute approximate surface area is 186 Å².